The highest BCUT2D eigenvalue weighted by Crippen LogP contribution is 2.40. The number of likely N-dealkylation sites (tertiary alicyclic amines) is 1. The first kappa shape index (κ1) is 28.6. The van der Waals surface area contributed by atoms with Gasteiger partial charge in [-0.1, -0.05) is 42.3 Å². The fourth-order valence-corrected chi connectivity index (χ4v) is 7.50. The number of fused-ring (bicyclic) bond motifs is 4. The number of allylic oxidation sites excluding steroid dienone is 2. The number of rotatable bonds is 7. The summed E-state index contributed by atoms with van der Waals surface area (Å²) in [6.07, 6.45) is 11.5. The maximum atomic E-state index is 16.7. The Morgan fingerprint density at radius 3 is 2.63 bits per heavy atom. The number of aliphatic hydroxyl groups excluding tert-OH is 1. The van der Waals surface area contributed by atoms with Crippen LogP contribution in [0.2, 0.25) is 5.02 Å². The van der Waals surface area contributed by atoms with Crippen molar-refractivity contribution in [1.29, 1.82) is 0 Å². The van der Waals surface area contributed by atoms with E-state index in [2.05, 4.69) is 20.1 Å². The zero-order chi connectivity index (χ0) is 29.3. The topological polar surface area (TPSA) is 73.8 Å². The first-order chi connectivity index (χ1) is 21.0. The van der Waals surface area contributed by atoms with Crippen molar-refractivity contribution in [3.05, 3.63) is 69.7 Å². The fraction of sp³-hybridized carbons (Fsp3) is 0.471. The SMILES string of the molecule is OC1=Cc2ccccc2CCC(c2c(Cl)cc3c(N4CC5CCC(C4)N5)nc(OCCCN4CCCCC4)nc3c2F)=C1. The van der Waals surface area contributed by atoms with E-state index in [1.54, 1.807) is 18.2 Å². The van der Waals surface area contributed by atoms with Crippen LogP contribution in [-0.4, -0.2) is 71.4 Å². The molecule has 1 aromatic heterocycles. The summed E-state index contributed by atoms with van der Waals surface area (Å²) in [7, 11) is 0. The predicted octanol–water partition coefficient (Wildman–Crippen LogP) is 6.55. The van der Waals surface area contributed by atoms with Crippen molar-refractivity contribution in [2.75, 3.05) is 44.2 Å². The van der Waals surface area contributed by atoms with Gasteiger partial charge in [-0.3, -0.25) is 0 Å². The van der Waals surface area contributed by atoms with Crippen LogP contribution in [0, 0.1) is 5.82 Å². The minimum atomic E-state index is -0.504. The Morgan fingerprint density at radius 1 is 1.02 bits per heavy atom. The second-order valence-corrected chi connectivity index (χ2v) is 12.8. The number of hydrogen-bond donors (Lipinski definition) is 2. The quantitative estimate of drug-likeness (QED) is 0.297. The average molecular weight is 604 g/mol. The number of aryl methyl sites for hydroxylation is 1. The van der Waals surface area contributed by atoms with Crippen LogP contribution in [-0.2, 0) is 6.42 Å². The number of anilines is 1. The standard InChI is InChI=1S/C34H39ClFN5O2/c35-29-19-28-32(31(36)30(29)24-10-9-22-7-2-3-8-23(22)17-27(42)18-24)38-34(43-16-6-15-40-13-4-1-5-14-40)39-33(28)41-20-25-11-12-26(21-41)37-25/h2-3,7-8,17-19,25-26,37,42H,1,4-6,9-16,20-21H2. The van der Waals surface area contributed by atoms with Crippen molar-refractivity contribution in [2.24, 2.45) is 0 Å². The molecule has 0 spiro atoms. The highest BCUT2D eigenvalue weighted by molar-refractivity contribution is 6.33. The van der Waals surface area contributed by atoms with Crippen molar-refractivity contribution in [2.45, 2.75) is 63.5 Å². The minimum Gasteiger partial charge on any atom is -0.508 e. The zero-order valence-corrected chi connectivity index (χ0v) is 25.3. The van der Waals surface area contributed by atoms with E-state index in [0.29, 0.717) is 48.3 Å². The largest absolute Gasteiger partial charge is 0.508 e. The average Bonchev–Trinajstić information content (AvgIpc) is 3.35. The molecule has 2 aromatic carbocycles. The molecule has 2 unspecified atom stereocenters. The third-order valence-corrected chi connectivity index (χ3v) is 9.62. The molecule has 2 bridgehead atoms. The van der Waals surface area contributed by atoms with Crippen molar-refractivity contribution in [1.82, 2.24) is 20.2 Å². The highest BCUT2D eigenvalue weighted by atomic mass is 35.5. The molecule has 2 atom stereocenters. The fourth-order valence-electron chi connectivity index (χ4n) is 7.19. The number of piperazine rings is 1. The summed E-state index contributed by atoms with van der Waals surface area (Å²) in [5.74, 6) is 0.232. The molecule has 3 aromatic rings. The lowest BCUT2D eigenvalue weighted by molar-refractivity contribution is 0.201. The van der Waals surface area contributed by atoms with Gasteiger partial charge in [-0.2, -0.15) is 9.97 Å². The third-order valence-electron chi connectivity index (χ3n) is 9.32. The van der Waals surface area contributed by atoms with Crippen LogP contribution in [0.1, 0.15) is 61.6 Å². The molecular formula is C34H39ClFN5O2. The first-order valence-electron chi connectivity index (χ1n) is 15.8. The Bertz CT molecular complexity index is 1560. The van der Waals surface area contributed by atoms with Gasteiger partial charge in [0.2, 0.25) is 0 Å². The molecule has 4 heterocycles. The lowest BCUT2D eigenvalue weighted by Crippen LogP contribution is -2.51. The van der Waals surface area contributed by atoms with Crippen LogP contribution in [0.25, 0.3) is 22.6 Å². The minimum absolute atomic E-state index is 0.0649. The molecule has 4 aliphatic rings. The number of nitrogens with zero attached hydrogens (tertiary/aromatic N) is 4. The molecule has 0 radical (unpaired) electrons. The lowest BCUT2D eigenvalue weighted by Gasteiger charge is -2.34. The maximum absolute atomic E-state index is 16.7. The Balaban J connectivity index is 1.24. The van der Waals surface area contributed by atoms with Gasteiger partial charge in [-0.25, -0.2) is 4.39 Å². The van der Waals surface area contributed by atoms with E-state index in [0.717, 1.165) is 63.1 Å². The Kier molecular flexibility index (Phi) is 8.25. The number of aliphatic hydroxyl groups is 1. The summed E-state index contributed by atoms with van der Waals surface area (Å²) in [6, 6.07) is 10.7. The third kappa shape index (κ3) is 6.10. The van der Waals surface area contributed by atoms with Gasteiger partial charge < -0.3 is 25.0 Å². The van der Waals surface area contributed by atoms with Crippen molar-refractivity contribution >= 4 is 40.0 Å². The van der Waals surface area contributed by atoms with Gasteiger partial charge in [-0.05, 0) is 93.0 Å². The van der Waals surface area contributed by atoms with Crippen LogP contribution in [0.15, 0.2) is 42.2 Å². The number of ether oxygens (including phenoxy) is 1. The van der Waals surface area contributed by atoms with Gasteiger partial charge in [0.15, 0.2) is 5.82 Å². The van der Waals surface area contributed by atoms with Gasteiger partial charge in [0, 0.05) is 42.7 Å². The Morgan fingerprint density at radius 2 is 1.81 bits per heavy atom. The molecule has 226 valence electrons. The van der Waals surface area contributed by atoms with Gasteiger partial charge in [0.25, 0.3) is 0 Å². The second kappa shape index (κ2) is 12.4. The summed E-state index contributed by atoms with van der Waals surface area (Å²) in [4.78, 5) is 14.2. The van der Waals surface area contributed by atoms with E-state index in [9.17, 15) is 5.11 Å². The molecule has 2 N–H and O–H groups in total. The van der Waals surface area contributed by atoms with Crippen LogP contribution in [0.4, 0.5) is 10.2 Å². The Hall–Kier alpha value is -3.20. The highest BCUT2D eigenvalue weighted by Gasteiger charge is 2.34. The maximum Gasteiger partial charge on any atom is 0.319 e. The number of benzene rings is 2. The van der Waals surface area contributed by atoms with E-state index in [4.69, 9.17) is 21.3 Å². The molecule has 0 saturated carbocycles. The smallest absolute Gasteiger partial charge is 0.319 e. The summed E-state index contributed by atoms with van der Waals surface area (Å²) < 4.78 is 22.8. The molecule has 0 amide bonds. The molecule has 7 nitrogen and oxygen atoms in total. The number of hydrogen-bond acceptors (Lipinski definition) is 7. The second-order valence-electron chi connectivity index (χ2n) is 12.4. The van der Waals surface area contributed by atoms with Gasteiger partial charge >= 0.3 is 6.01 Å². The van der Waals surface area contributed by atoms with E-state index in [-0.39, 0.29) is 27.9 Å². The molecule has 43 heavy (non-hydrogen) atoms. The normalized spacial score (nSPS) is 22.5. The van der Waals surface area contributed by atoms with E-state index < -0.39 is 5.82 Å². The molecule has 3 fully saturated rings. The van der Waals surface area contributed by atoms with Crippen molar-refractivity contribution in [3.63, 3.8) is 0 Å². The first-order valence-corrected chi connectivity index (χ1v) is 16.1. The molecule has 1 aliphatic carbocycles. The summed E-state index contributed by atoms with van der Waals surface area (Å²) in [5.41, 5.74) is 3.17. The van der Waals surface area contributed by atoms with Crippen LogP contribution < -0.4 is 15.0 Å². The van der Waals surface area contributed by atoms with Crippen LogP contribution >= 0.6 is 11.6 Å². The van der Waals surface area contributed by atoms with Gasteiger partial charge in [0.05, 0.1) is 11.6 Å². The van der Waals surface area contributed by atoms with E-state index in [1.807, 2.05) is 24.3 Å². The number of piperidine rings is 1. The van der Waals surface area contributed by atoms with Crippen LogP contribution in [0.3, 0.4) is 0 Å². The van der Waals surface area contributed by atoms with Gasteiger partial charge in [-0.15, -0.1) is 0 Å². The molecule has 3 saturated heterocycles. The Labute approximate surface area is 257 Å². The summed E-state index contributed by atoms with van der Waals surface area (Å²) in [5, 5.41) is 15.3. The zero-order valence-electron chi connectivity index (χ0n) is 24.5. The predicted molar refractivity (Wildman–Crippen MR) is 170 cm³/mol. The van der Waals surface area contributed by atoms with Crippen molar-refractivity contribution < 1.29 is 14.2 Å². The molecule has 3 aliphatic heterocycles. The number of halogens is 2. The van der Waals surface area contributed by atoms with Crippen molar-refractivity contribution in [3.8, 4) is 6.01 Å². The summed E-state index contributed by atoms with van der Waals surface area (Å²) in [6.45, 7) is 5.32. The number of aromatic nitrogens is 2. The number of nitrogens with one attached hydrogen (secondary N) is 1. The molecule has 9 heteroatoms. The van der Waals surface area contributed by atoms with Gasteiger partial charge in [0.1, 0.15) is 17.1 Å². The van der Waals surface area contributed by atoms with Crippen LogP contribution in [0.5, 0.6) is 6.01 Å². The lowest BCUT2D eigenvalue weighted by atomic mass is 9.92. The molecule has 7 rings (SSSR count). The summed E-state index contributed by atoms with van der Waals surface area (Å²) >= 11 is 6.88. The molecular weight excluding hydrogens is 565 g/mol. The van der Waals surface area contributed by atoms with E-state index >= 15 is 4.39 Å². The van der Waals surface area contributed by atoms with E-state index in [1.165, 1.54) is 19.3 Å². The monoisotopic (exact) mass is 603 g/mol.